The number of nitrogens with one attached hydrogen (secondary N) is 2. The van der Waals surface area contributed by atoms with Gasteiger partial charge in [0.1, 0.15) is 12.1 Å². The molecule has 3 N–H and O–H groups in total. The molecule has 0 saturated heterocycles. The van der Waals surface area contributed by atoms with Crippen molar-refractivity contribution >= 4 is 17.8 Å². The summed E-state index contributed by atoms with van der Waals surface area (Å²) in [6.45, 7) is 7.34. The molecule has 0 aromatic carbocycles. The Morgan fingerprint density at radius 3 is 2.32 bits per heavy atom. The molecule has 2 unspecified atom stereocenters. The van der Waals surface area contributed by atoms with Gasteiger partial charge in [0.25, 0.3) is 0 Å². The van der Waals surface area contributed by atoms with Gasteiger partial charge in [-0.3, -0.25) is 14.6 Å². The van der Waals surface area contributed by atoms with Gasteiger partial charge in [-0.05, 0) is 30.4 Å². The van der Waals surface area contributed by atoms with Gasteiger partial charge in [-0.1, -0.05) is 26.8 Å². The van der Waals surface area contributed by atoms with Crippen molar-refractivity contribution in [3.63, 3.8) is 0 Å². The summed E-state index contributed by atoms with van der Waals surface area (Å²) in [5, 5.41) is 14.5. The maximum absolute atomic E-state index is 12.5. The number of carboxylic acids is 1. The molecule has 0 radical (unpaired) electrons. The monoisotopic (exact) mass is 349 g/mol. The van der Waals surface area contributed by atoms with Crippen molar-refractivity contribution in [3.8, 4) is 0 Å². The number of amides is 2. The minimum atomic E-state index is -1.09. The Balaban J connectivity index is 2.80. The minimum absolute atomic E-state index is 0.0383. The van der Waals surface area contributed by atoms with Gasteiger partial charge in [-0.15, -0.1) is 0 Å². The predicted octanol–water partition coefficient (Wildman–Crippen LogP) is 1.52. The van der Waals surface area contributed by atoms with E-state index in [9.17, 15) is 19.5 Å². The Kier molecular flexibility index (Phi) is 7.54. The molecule has 7 heteroatoms. The highest BCUT2D eigenvalue weighted by atomic mass is 16.4. The molecule has 7 nitrogen and oxygen atoms in total. The van der Waals surface area contributed by atoms with Gasteiger partial charge >= 0.3 is 5.97 Å². The number of rotatable bonds is 8. The highest BCUT2D eigenvalue weighted by molar-refractivity contribution is 5.90. The lowest BCUT2D eigenvalue weighted by Crippen LogP contribution is -2.52. The molecule has 0 fully saturated rings. The lowest BCUT2D eigenvalue weighted by molar-refractivity contribution is -0.142. The van der Waals surface area contributed by atoms with Crippen LogP contribution in [0.2, 0.25) is 0 Å². The molecule has 0 aliphatic rings. The van der Waals surface area contributed by atoms with Crippen LogP contribution in [-0.2, 0) is 20.8 Å². The number of pyridine rings is 1. The quantitative estimate of drug-likeness (QED) is 0.659. The predicted molar refractivity (Wildman–Crippen MR) is 93.8 cm³/mol. The third kappa shape index (κ3) is 8.28. The van der Waals surface area contributed by atoms with E-state index in [1.807, 2.05) is 20.8 Å². The molecule has 0 aliphatic carbocycles. The number of aliphatic carboxylic acids is 1. The van der Waals surface area contributed by atoms with E-state index in [4.69, 9.17) is 0 Å². The van der Waals surface area contributed by atoms with Crippen molar-refractivity contribution in [1.82, 2.24) is 15.6 Å². The first-order valence-electron chi connectivity index (χ1n) is 8.28. The summed E-state index contributed by atoms with van der Waals surface area (Å²) in [4.78, 5) is 39.5. The molecule has 0 saturated carbocycles. The van der Waals surface area contributed by atoms with Crippen LogP contribution in [-0.4, -0.2) is 40.0 Å². The Hall–Kier alpha value is -2.44. The first kappa shape index (κ1) is 20.6. The van der Waals surface area contributed by atoms with E-state index >= 15 is 0 Å². The van der Waals surface area contributed by atoms with Crippen LogP contribution < -0.4 is 10.6 Å². The number of carboxylic acid groups (broad SMARTS) is 1. The smallest absolute Gasteiger partial charge is 0.326 e. The van der Waals surface area contributed by atoms with Crippen molar-refractivity contribution in [2.24, 2.45) is 5.41 Å². The second-order valence-electron chi connectivity index (χ2n) is 7.28. The van der Waals surface area contributed by atoms with Crippen LogP contribution in [0.1, 0.15) is 46.2 Å². The highest BCUT2D eigenvalue weighted by Crippen LogP contribution is 2.21. The molecule has 2 amide bonds. The Bertz CT molecular complexity index is 596. The molecule has 138 valence electrons. The zero-order chi connectivity index (χ0) is 19.0. The van der Waals surface area contributed by atoms with Gasteiger partial charge in [0.2, 0.25) is 11.8 Å². The Morgan fingerprint density at radius 1 is 1.16 bits per heavy atom. The lowest BCUT2D eigenvalue weighted by Gasteiger charge is -2.24. The average Bonchev–Trinajstić information content (AvgIpc) is 2.50. The van der Waals surface area contributed by atoms with Crippen LogP contribution in [0.5, 0.6) is 0 Å². The van der Waals surface area contributed by atoms with Crippen molar-refractivity contribution in [2.75, 3.05) is 0 Å². The first-order chi connectivity index (χ1) is 11.6. The highest BCUT2D eigenvalue weighted by Gasteiger charge is 2.27. The van der Waals surface area contributed by atoms with Crippen molar-refractivity contribution in [1.29, 1.82) is 0 Å². The molecule has 0 aliphatic heterocycles. The Morgan fingerprint density at radius 2 is 1.84 bits per heavy atom. The van der Waals surface area contributed by atoms with Crippen molar-refractivity contribution < 1.29 is 19.5 Å². The largest absolute Gasteiger partial charge is 0.480 e. The van der Waals surface area contributed by atoms with E-state index in [0.717, 1.165) is 0 Å². The standard InChI is InChI=1S/C18H27N3O4/c1-12(22)20-15(11-13-7-5-6-10-19-13)16(23)21-14(17(24)25)8-9-18(2,3)4/h5-7,10,14-15H,8-9,11H2,1-4H3,(H,20,22)(H,21,23)(H,24,25). The third-order valence-corrected chi connectivity index (χ3v) is 3.63. The van der Waals surface area contributed by atoms with Crippen LogP contribution in [0.15, 0.2) is 24.4 Å². The van der Waals surface area contributed by atoms with E-state index in [1.165, 1.54) is 6.92 Å². The summed E-state index contributed by atoms with van der Waals surface area (Å²) in [5.74, 6) is -1.98. The molecule has 2 atom stereocenters. The number of aromatic nitrogens is 1. The van der Waals surface area contributed by atoms with Crippen molar-refractivity contribution in [3.05, 3.63) is 30.1 Å². The van der Waals surface area contributed by atoms with E-state index < -0.39 is 24.0 Å². The molecule has 1 aromatic heterocycles. The summed E-state index contributed by atoms with van der Waals surface area (Å²) in [6.07, 6.45) is 2.76. The maximum atomic E-state index is 12.5. The minimum Gasteiger partial charge on any atom is -0.480 e. The SMILES string of the molecule is CC(=O)NC(Cc1ccccn1)C(=O)NC(CCC(C)(C)C)C(=O)O. The number of carbonyl (C=O) groups excluding carboxylic acids is 2. The second-order valence-corrected chi connectivity index (χ2v) is 7.28. The molecular weight excluding hydrogens is 322 g/mol. The summed E-state index contributed by atoms with van der Waals surface area (Å²) in [6, 6.07) is 3.42. The van der Waals surface area contributed by atoms with Gasteiger partial charge in [-0.25, -0.2) is 4.79 Å². The van der Waals surface area contributed by atoms with E-state index in [1.54, 1.807) is 24.4 Å². The van der Waals surface area contributed by atoms with Gasteiger partial charge in [0.15, 0.2) is 0 Å². The van der Waals surface area contributed by atoms with Gasteiger partial charge in [0.05, 0.1) is 0 Å². The molecule has 1 heterocycles. The van der Waals surface area contributed by atoms with E-state index in [0.29, 0.717) is 18.5 Å². The summed E-state index contributed by atoms with van der Waals surface area (Å²) < 4.78 is 0. The average molecular weight is 349 g/mol. The maximum Gasteiger partial charge on any atom is 0.326 e. The fraction of sp³-hybridized carbons (Fsp3) is 0.556. The molecule has 1 rings (SSSR count). The van der Waals surface area contributed by atoms with Gasteiger partial charge in [-0.2, -0.15) is 0 Å². The number of nitrogens with zero attached hydrogens (tertiary/aromatic N) is 1. The van der Waals surface area contributed by atoms with E-state index in [2.05, 4.69) is 15.6 Å². The fourth-order valence-corrected chi connectivity index (χ4v) is 2.29. The van der Waals surface area contributed by atoms with Crippen LogP contribution in [0.3, 0.4) is 0 Å². The van der Waals surface area contributed by atoms with Crippen LogP contribution in [0, 0.1) is 5.41 Å². The molecular formula is C18H27N3O4. The number of hydrogen-bond donors (Lipinski definition) is 3. The van der Waals surface area contributed by atoms with Crippen LogP contribution in [0.25, 0.3) is 0 Å². The topological polar surface area (TPSA) is 108 Å². The summed E-state index contributed by atoms with van der Waals surface area (Å²) in [7, 11) is 0. The zero-order valence-corrected chi connectivity index (χ0v) is 15.2. The molecule has 1 aromatic rings. The lowest BCUT2D eigenvalue weighted by atomic mass is 9.88. The number of carbonyl (C=O) groups is 3. The summed E-state index contributed by atoms with van der Waals surface area (Å²) in [5.41, 5.74) is 0.599. The third-order valence-electron chi connectivity index (χ3n) is 3.63. The van der Waals surface area contributed by atoms with Crippen LogP contribution >= 0.6 is 0 Å². The van der Waals surface area contributed by atoms with Crippen LogP contribution in [0.4, 0.5) is 0 Å². The fourth-order valence-electron chi connectivity index (χ4n) is 2.29. The first-order valence-corrected chi connectivity index (χ1v) is 8.28. The van der Waals surface area contributed by atoms with Gasteiger partial charge in [0, 0.05) is 25.2 Å². The van der Waals surface area contributed by atoms with E-state index in [-0.39, 0.29) is 17.7 Å². The normalized spacial score (nSPS) is 13.6. The molecule has 0 spiro atoms. The second kappa shape index (κ2) is 9.15. The number of hydrogen-bond acceptors (Lipinski definition) is 4. The molecule has 0 bridgehead atoms. The van der Waals surface area contributed by atoms with Crippen molar-refractivity contribution in [2.45, 2.75) is 59.0 Å². The molecule has 25 heavy (non-hydrogen) atoms. The zero-order valence-electron chi connectivity index (χ0n) is 15.2. The Labute approximate surface area is 148 Å². The summed E-state index contributed by atoms with van der Waals surface area (Å²) >= 11 is 0. The van der Waals surface area contributed by atoms with Gasteiger partial charge < -0.3 is 15.7 Å².